The molecule has 0 unspecified atom stereocenters. The fourth-order valence-corrected chi connectivity index (χ4v) is 8.64. The minimum absolute atomic E-state index is 0. The summed E-state index contributed by atoms with van der Waals surface area (Å²) in [6.45, 7) is 0. The summed E-state index contributed by atoms with van der Waals surface area (Å²) in [5, 5.41) is 6.26. The quantitative estimate of drug-likeness (QED) is 0.162. The van der Waals surface area contributed by atoms with Gasteiger partial charge in [0.2, 0.25) is 0 Å². The number of benzene rings is 7. The Hall–Kier alpha value is -4.80. The van der Waals surface area contributed by atoms with Gasteiger partial charge in [0.05, 0.1) is 11.0 Å². The molecule has 0 aliphatic rings. The molecule has 0 amide bonds. The van der Waals surface area contributed by atoms with E-state index < -0.39 is 0 Å². The van der Waals surface area contributed by atoms with Crippen molar-refractivity contribution >= 4 is 64.2 Å². The van der Waals surface area contributed by atoms with Gasteiger partial charge < -0.3 is 9.13 Å². The number of thiophene rings is 1. The van der Waals surface area contributed by atoms with E-state index in [1.165, 1.54) is 64.1 Å². The number of nitrogens with zero attached hydrogens (tertiary/aromatic N) is 2. The van der Waals surface area contributed by atoms with Gasteiger partial charge in [-0.3, -0.25) is 0 Å². The summed E-state index contributed by atoms with van der Waals surface area (Å²) in [5.41, 5.74) is 10.4. The fourth-order valence-electron chi connectivity index (χ4n) is 7.28. The van der Waals surface area contributed by atoms with Crippen LogP contribution in [-0.2, 0) is 32.7 Å². The van der Waals surface area contributed by atoms with Gasteiger partial charge in [-0.05, 0) is 40.4 Å². The summed E-state index contributed by atoms with van der Waals surface area (Å²) in [6, 6.07) is 60.0. The molecular weight excluding hydrogens is 677 g/mol. The summed E-state index contributed by atoms with van der Waals surface area (Å²) in [4.78, 5) is 0. The minimum atomic E-state index is 0. The molecule has 0 atom stereocenters. The first-order valence-corrected chi connectivity index (χ1v) is 16.7. The second kappa shape index (κ2) is 11.7. The standard InChI is InChI=1S/C44H26N2S.Y/c1-2-13-29(14-3-1)32-20-11-21-36-37-22-12-23-38(44(37)47-43(32)36)39-28-45(40-24-7-4-19-35(39)40)30-15-10-16-31(27-30)46-41-25-8-5-17-33(41)34-18-6-9-26-42(34)46;/h1-14,16-27H;/q-2;. The summed E-state index contributed by atoms with van der Waals surface area (Å²) in [5.74, 6) is 0. The molecule has 0 N–H and O–H groups in total. The average molecular weight is 704 g/mol. The van der Waals surface area contributed by atoms with Crippen molar-refractivity contribution in [1.82, 2.24) is 9.13 Å². The molecule has 0 aliphatic carbocycles. The van der Waals surface area contributed by atoms with Crippen LogP contribution in [0.25, 0.3) is 86.5 Å². The van der Waals surface area contributed by atoms with Crippen molar-refractivity contribution < 1.29 is 32.7 Å². The second-order valence-corrected chi connectivity index (χ2v) is 13.0. The van der Waals surface area contributed by atoms with Gasteiger partial charge in [0, 0.05) is 58.3 Å². The normalized spacial score (nSPS) is 11.6. The molecule has 10 rings (SSSR count). The van der Waals surface area contributed by atoms with Gasteiger partial charge in [-0.2, -0.15) is 12.1 Å². The zero-order valence-electron chi connectivity index (χ0n) is 25.9. The van der Waals surface area contributed by atoms with Crippen molar-refractivity contribution in [2.75, 3.05) is 0 Å². The van der Waals surface area contributed by atoms with Crippen LogP contribution in [0.4, 0.5) is 0 Å². The van der Waals surface area contributed by atoms with Crippen LogP contribution < -0.4 is 0 Å². The molecule has 2 nitrogen and oxygen atoms in total. The zero-order chi connectivity index (χ0) is 30.9. The van der Waals surface area contributed by atoms with Crippen LogP contribution in [0.15, 0.2) is 158 Å². The van der Waals surface area contributed by atoms with Crippen LogP contribution in [-0.4, -0.2) is 9.13 Å². The Morgan fingerprint density at radius 1 is 0.479 bits per heavy atom. The SMILES string of the molecule is [Y].[c-]1ccc(-n2c3ccccc3c3ccccc32)cc1-n1[c-]c(-c2cccc3c2sc2c(-c4ccccc4)cccc23)c2ccccc21. The Morgan fingerprint density at radius 2 is 1.04 bits per heavy atom. The Morgan fingerprint density at radius 3 is 1.75 bits per heavy atom. The zero-order valence-corrected chi connectivity index (χ0v) is 29.5. The Kier molecular flexibility index (Phi) is 7.16. The summed E-state index contributed by atoms with van der Waals surface area (Å²) >= 11 is 1.88. The summed E-state index contributed by atoms with van der Waals surface area (Å²) < 4.78 is 7.14. The first-order chi connectivity index (χ1) is 23.3. The molecule has 0 saturated heterocycles. The molecule has 3 aromatic heterocycles. The third-order valence-electron chi connectivity index (χ3n) is 9.37. The minimum Gasteiger partial charge on any atom is -0.439 e. The molecule has 10 aromatic rings. The number of fused-ring (bicyclic) bond motifs is 7. The van der Waals surface area contributed by atoms with E-state index in [1.807, 2.05) is 17.4 Å². The van der Waals surface area contributed by atoms with E-state index in [2.05, 4.69) is 173 Å². The van der Waals surface area contributed by atoms with Crippen LogP contribution in [0.1, 0.15) is 0 Å². The number of rotatable bonds is 4. The van der Waals surface area contributed by atoms with Gasteiger partial charge in [-0.15, -0.1) is 23.1 Å². The maximum absolute atomic E-state index is 3.83. The Bertz CT molecular complexity index is 2750. The smallest absolute Gasteiger partial charge is 0.0518 e. The van der Waals surface area contributed by atoms with Gasteiger partial charge in [0.25, 0.3) is 0 Å². The van der Waals surface area contributed by atoms with Crippen molar-refractivity contribution in [3.63, 3.8) is 0 Å². The molecule has 0 spiro atoms. The van der Waals surface area contributed by atoms with E-state index in [4.69, 9.17) is 0 Å². The van der Waals surface area contributed by atoms with Crippen LogP contribution in [0, 0.1) is 12.3 Å². The molecule has 0 aliphatic heterocycles. The van der Waals surface area contributed by atoms with E-state index in [0.29, 0.717) is 0 Å². The largest absolute Gasteiger partial charge is 0.439 e. The van der Waals surface area contributed by atoms with E-state index in [0.717, 1.165) is 22.5 Å². The van der Waals surface area contributed by atoms with Crippen LogP contribution in [0.5, 0.6) is 0 Å². The van der Waals surface area contributed by atoms with E-state index in [9.17, 15) is 0 Å². The van der Waals surface area contributed by atoms with Crippen molar-refractivity contribution in [3.05, 3.63) is 170 Å². The average Bonchev–Trinajstić information content (AvgIpc) is 3.82. The molecule has 0 bridgehead atoms. The Balaban J connectivity index is 0.00000314. The maximum Gasteiger partial charge on any atom is 0.0518 e. The van der Waals surface area contributed by atoms with Crippen LogP contribution in [0.2, 0.25) is 0 Å². The number of hydrogen-bond donors (Lipinski definition) is 0. The number of hydrogen-bond acceptors (Lipinski definition) is 1. The second-order valence-electron chi connectivity index (χ2n) is 12.0. The molecule has 0 fully saturated rings. The van der Waals surface area contributed by atoms with Gasteiger partial charge in [-0.25, -0.2) is 6.07 Å². The number of para-hydroxylation sites is 3. The van der Waals surface area contributed by atoms with Crippen LogP contribution in [0.3, 0.4) is 0 Å². The van der Waals surface area contributed by atoms with Crippen molar-refractivity contribution in [2.24, 2.45) is 0 Å². The predicted molar refractivity (Wildman–Crippen MR) is 199 cm³/mol. The molecule has 0 saturated carbocycles. The molecule has 4 heteroatoms. The third kappa shape index (κ3) is 4.46. The third-order valence-corrected chi connectivity index (χ3v) is 10.7. The topological polar surface area (TPSA) is 9.86 Å². The van der Waals surface area contributed by atoms with E-state index in [-0.39, 0.29) is 32.7 Å². The number of aromatic nitrogens is 2. The van der Waals surface area contributed by atoms with Crippen molar-refractivity contribution in [1.29, 1.82) is 0 Å². The van der Waals surface area contributed by atoms with Crippen molar-refractivity contribution in [2.45, 2.75) is 0 Å². The molecule has 223 valence electrons. The van der Waals surface area contributed by atoms with Gasteiger partial charge >= 0.3 is 0 Å². The summed E-state index contributed by atoms with van der Waals surface area (Å²) in [6.07, 6.45) is 3.83. The molecular formula is C44H26N2SY-2. The van der Waals surface area contributed by atoms with Gasteiger partial charge in [-0.1, -0.05) is 150 Å². The maximum atomic E-state index is 3.83. The monoisotopic (exact) mass is 703 g/mol. The first-order valence-electron chi connectivity index (χ1n) is 15.9. The predicted octanol–water partition coefficient (Wildman–Crippen LogP) is 12.0. The molecule has 7 aromatic carbocycles. The van der Waals surface area contributed by atoms with E-state index in [1.54, 1.807) is 0 Å². The molecule has 48 heavy (non-hydrogen) atoms. The fraction of sp³-hybridized carbons (Fsp3) is 0. The van der Waals surface area contributed by atoms with Gasteiger partial charge in [0.1, 0.15) is 0 Å². The molecule has 1 radical (unpaired) electrons. The Labute approximate surface area is 307 Å². The van der Waals surface area contributed by atoms with Crippen LogP contribution >= 0.6 is 11.3 Å². The van der Waals surface area contributed by atoms with Gasteiger partial charge in [0.15, 0.2) is 0 Å². The summed E-state index contributed by atoms with van der Waals surface area (Å²) in [7, 11) is 0. The van der Waals surface area contributed by atoms with Crippen molar-refractivity contribution in [3.8, 4) is 33.6 Å². The first kappa shape index (κ1) is 29.4. The van der Waals surface area contributed by atoms with E-state index >= 15 is 0 Å². The molecule has 3 heterocycles.